The highest BCUT2D eigenvalue weighted by Crippen LogP contribution is 2.44. The Bertz CT molecular complexity index is 554. The molecule has 86 valence electrons. The first-order valence-electron chi connectivity index (χ1n) is 5.57. The van der Waals surface area contributed by atoms with Gasteiger partial charge in [0, 0.05) is 17.2 Å². The Morgan fingerprint density at radius 1 is 1.24 bits per heavy atom. The average molecular weight is 243 g/mol. The number of aryl methyl sites for hydroxylation is 1. The van der Waals surface area contributed by atoms with E-state index in [4.69, 9.17) is 5.73 Å². The molecule has 0 fully saturated rings. The van der Waals surface area contributed by atoms with Crippen molar-refractivity contribution in [3.05, 3.63) is 47.3 Å². The molecule has 1 atom stereocenters. The van der Waals surface area contributed by atoms with E-state index in [-0.39, 0.29) is 0 Å². The number of hydrogen-bond donors (Lipinski definition) is 1. The van der Waals surface area contributed by atoms with Gasteiger partial charge in [0.2, 0.25) is 0 Å². The molecule has 1 aliphatic rings. The predicted molar refractivity (Wildman–Crippen MR) is 70.2 cm³/mol. The molecule has 4 heteroatoms. The number of nitrogens with zero attached hydrogens (tertiary/aromatic N) is 2. The topological polar surface area (TPSA) is 51.8 Å². The van der Waals surface area contributed by atoms with Crippen molar-refractivity contribution >= 4 is 17.6 Å². The molecule has 0 radical (unpaired) electrons. The van der Waals surface area contributed by atoms with Gasteiger partial charge in [-0.1, -0.05) is 30.3 Å². The van der Waals surface area contributed by atoms with Gasteiger partial charge < -0.3 is 5.73 Å². The average Bonchev–Trinajstić information content (AvgIpc) is 2.74. The SMILES string of the molecule is Cc1nc(N)c2c(n1)SCC2c1ccccc1. The zero-order valence-electron chi connectivity index (χ0n) is 9.55. The number of nitrogens with two attached hydrogens (primary N) is 1. The van der Waals surface area contributed by atoms with E-state index in [9.17, 15) is 0 Å². The van der Waals surface area contributed by atoms with Crippen molar-refractivity contribution in [2.45, 2.75) is 17.9 Å². The Morgan fingerprint density at radius 2 is 2.00 bits per heavy atom. The molecule has 0 saturated heterocycles. The summed E-state index contributed by atoms with van der Waals surface area (Å²) >= 11 is 1.77. The second-order valence-corrected chi connectivity index (χ2v) is 5.16. The van der Waals surface area contributed by atoms with E-state index in [1.165, 1.54) is 5.56 Å². The predicted octanol–water partition coefficient (Wildman–Crippen LogP) is 2.60. The summed E-state index contributed by atoms with van der Waals surface area (Å²) in [6.45, 7) is 1.88. The number of fused-ring (bicyclic) bond motifs is 1. The molecule has 1 aliphatic heterocycles. The minimum absolute atomic E-state index is 0.330. The Balaban J connectivity index is 2.10. The lowest BCUT2D eigenvalue weighted by Crippen LogP contribution is -2.06. The van der Waals surface area contributed by atoms with Crippen LogP contribution in [0.2, 0.25) is 0 Å². The summed E-state index contributed by atoms with van der Waals surface area (Å²) in [5.41, 5.74) is 8.43. The lowest BCUT2D eigenvalue weighted by Gasteiger charge is -2.12. The van der Waals surface area contributed by atoms with Crippen LogP contribution in [0.15, 0.2) is 35.4 Å². The van der Waals surface area contributed by atoms with Crippen LogP contribution in [0.1, 0.15) is 22.9 Å². The third kappa shape index (κ3) is 1.78. The molecular weight excluding hydrogens is 230 g/mol. The van der Waals surface area contributed by atoms with Gasteiger partial charge in [0.1, 0.15) is 16.7 Å². The fraction of sp³-hybridized carbons (Fsp3) is 0.231. The number of anilines is 1. The van der Waals surface area contributed by atoms with Crippen molar-refractivity contribution in [1.29, 1.82) is 0 Å². The van der Waals surface area contributed by atoms with Gasteiger partial charge in [-0.15, -0.1) is 11.8 Å². The van der Waals surface area contributed by atoms with Crippen LogP contribution in [-0.2, 0) is 0 Å². The van der Waals surface area contributed by atoms with E-state index >= 15 is 0 Å². The molecule has 0 spiro atoms. The van der Waals surface area contributed by atoms with Gasteiger partial charge >= 0.3 is 0 Å². The second-order valence-electron chi connectivity index (χ2n) is 4.15. The van der Waals surface area contributed by atoms with Crippen LogP contribution in [0.4, 0.5) is 5.82 Å². The molecule has 17 heavy (non-hydrogen) atoms. The molecular formula is C13H13N3S. The van der Waals surface area contributed by atoms with Gasteiger partial charge in [0.25, 0.3) is 0 Å². The maximum absolute atomic E-state index is 6.04. The van der Waals surface area contributed by atoms with Crippen molar-refractivity contribution in [3.63, 3.8) is 0 Å². The first-order chi connectivity index (χ1) is 8.25. The lowest BCUT2D eigenvalue weighted by molar-refractivity contribution is 0.872. The highest BCUT2D eigenvalue weighted by molar-refractivity contribution is 7.99. The van der Waals surface area contributed by atoms with Gasteiger partial charge in [0.05, 0.1) is 0 Å². The molecule has 2 heterocycles. The Labute approximate surface area is 104 Å². The molecule has 0 aliphatic carbocycles. The summed E-state index contributed by atoms with van der Waals surface area (Å²) in [6, 6.07) is 10.4. The van der Waals surface area contributed by atoms with Gasteiger partial charge in [-0.2, -0.15) is 0 Å². The smallest absolute Gasteiger partial charge is 0.132 e. The van der Waals surface area contributed by atoms with E-state index < -0.39 is 0 Å². The Hall–Kier alpha value is -1.55. The fourth-order valence-electron chi connectivity index (χ4n) is 2.21. The maximum Gasteiger partial charge on any atom is 0.132 e. The van der Waals surface area contributed by atoms with E-state index in [1.807, 2.05) is 13.0 Å². The van der Waals surface area contributed by atoms with E-state index in [1.54, 1.807) is 11.8 Å². The van der Waals surface area contributed by atoms with E-state index in [2.05, 4.69) is 34.2 Å². The van der Waals surface area contributed by atoms with Crippen LogP contribution in [-0.4, -0.2) is 15.7 Å². The van der Waals surface area contributed by atoms with Crippen LogP contribution in [0, 0.1) is 6.92 Å². The maximum atomic E-state index is 6.04. The summed E-state index contributed by atoms with van der Waals surface area (Å²) < 4.78 is 0. The first kappa shape index (κ1) is 10.6. The van der Waals surface area contributed by atoms with Crippen molar-refractivity contribution in [2.75, 3.05) is 11.5 Å². The summed E-state index contributed by atoms with van der Waals surface area (Å²) in [6.07, 6.45) is 0. The normalized spacial score (nSPS) is 18.1. The van der Waals surface area contributed by atoms with Gasteiger partial charge in [0.15, 0.2) is 0 Å². The third-order valence-electron chi connectivity index (χ3n) is 2.99. The zero-order chi connectivity index (χ0) is 11.8. The molecule has 2 aromatic rings. The monoisotopic (exact) mass is 243 g/mol. The molecule has 0 bridgehead atoms. The molecule has 1 aromatic heterocycles. The summed E-state index contributed by atoms with van der Waals surface area (Å²) in [4.78, 5) is 8.74. The van der Waals surface area contributed by atoms with E-state index in [0.29, 0.717) is 11.7 Å². The fourth-order valence-corrected chi connectivity index (χ4v) is 3.49. The van der Waals surface area contributed by atoms with Crippen molar-refractivity contribution in [2.24, 2.45) is 0 Å². The van der Waals surface area contributed by atoms with Gasteiger partial charge in [-0.05, 0) is 12.5 Å². The third-order valence-corrected chi connectivity index (χ3v) is 4.07. The highest BCUT2D eigenvalue weighted by Gasteiger charge is 2.29. The Morgan fingerprint density at radius 3 is 2.76 bits per heavy atom. The molecule has 3 nitrogen and oxygen atoms in total. The van der Waals surface area contributed by atoms with Crippen LogP contribution < -0.4 is 5.73 Å². The first-order valence-corrected chi connectivity index (χ1v) is 6.56. The number of benzene rings is 1. The van der Waals surface area contributed by atoms with Crippen molar-refractivity contribution in [3.8, 4) is 0 Å². The molecule has 1 aromatic carbocycles. The van der Waals surface area contributed by atoms with Crippen molar-refractivity contribution in [1.82, 2.24) is 9.97 Å². The van der Waals surface area contributed by atoms with Crippen LogP contribution in [0.25, 0.3) is 0 Å². The second kappa shape index (κ2) is 4.04. The molecule has 1 unspecified atom stereocenters. The molecule has 0 saturated carbocycles. The lowest BCUT2D eigenvalue weighted by atomic mass is 9.95. The minimum Gasteiger partial charge on any atom is -0.383 e. The van der Waals surface area contributed by atoms with Gasteiger partial charge in [-0.3, -0.25) is 0 Å². The summed E-state index contributed by atoms with van der Waals surface area (Å²) in [5.74, 6) is 2.72. The number of thioether (sulfide) groups is 1. The van der Waals surface area contributed by atoms with Crippen LogP contribution in [0.5, 0.6) is 0 Å². The molecule has 3 rings (SSSR count). The highest BCUT2D eigenvalue weighted by atomic mass is 32.2. The minimum atomic E-state index is 0.330. The summed E-state index contributed by atoms with van der Waals surface area (Å²) in [5, 5.41) is 1.05. The largest absolute Gasteiger partial charge is 0.383 e. The number of hydrogen-bond acceptors (Lipinski definition) is 4. The summed E-state index contributed by atoms with van der Waals surface area (Å²) in [7, 11) is 0. The quantitative estimate of drug-likeness (QED) is 0.782. The number of nitrogen functional groups attached to an aromatic ring is 1. The van der Waals surface area contributed by atoms with E-state index in [0.717, 1.165) is 22.2 Å². The van der Waals surface area contributed by atoms with Crippen LogP contribution in [0.3, 0.4) is 0 Å². The number of aromatic nitrogens is 2. The molecule has 0 amide bonds. The number of rotatable bonds is 1. The van der Waals surface area contributed by atoms with Crippen LogP contribution >= 0.6 is 11.8 Å². The standard InChI is InChI=1S/C13H13N3S/c1-8-15-12(14)11-10(7-17-13(11)16-8)9-5-3-2-4-6-9/h2-6,10H,7H2,1H3,(H2,14,15,16). The zero-order valence-corrected chi connectivity index (χ0v) is 10.4. The van der Waals surface area contributed by atoms with Gasteiger partial charge in [-0.25, -0.2) is 9.97 Å². The van der Waals surface area contributed by atoms with Crippen molar-refractivity contribution < 1.29 is 0 Å². The Kier molecular flexibility index (Phi) is 2.52. The molecule has 2 N–H and O–H groups in total.